The second-order valence-electron chi connectivity index (χ2n) is 10.9. The van der Waals surface area contributed by atoms with Gasteiger partial charge in [0.2, 0.25) is 0 Å². The molecule has 0 aromatic heterocycles. The van der Waals surface area contributed by atoms with Gasteiger partial charge in [-0.25, -0.2) is 4.79 Å². The van der Waals surface area contributed by atoms with E-state index in [1.54, 1.807) is 31.2 Å². The predicted molar refractivity (Wildman–Crippen MR) is 143 cm³/mol. The maximum absolute atomic E-state index is 13.4. The first-order valence-electron chi connectivity index (χ1n) is 12.4. The Morgan fingerprint density at radius 2 is 1.43 bits per heavy atom. The third kappa shape index (κ3) is 8.41. The summed E-state index contributed by atoms with van der Waals surface area (Å²) in [6.45, 7) is 17.5. The summed E-state index contributed by atoms with van der Waals surface area (Å²) in [5.74, 6) is -1.13. The van der Waals surface area contributed by atoms with Gasteiger partial charge in [-0.3, -0.25) is 4.79 Å². The molecule has 4 atom stereocenters. The summed E-state index contributed by atoms with van der Waals surface area (Å²) in [5, 5.41) is -0.00990. The van der Waals surface area contributed by atoms with Gasteiger partial charge in [-0.1, -0.05) is 83.1 Å². The van der Waals surface area contributed by atoms with E-state index in [1.165, 1.54) is 0 Å². The minimum absolute atomic E-state index is 0.00990. The molecule has 0 aliphatic rings. The Hall–Kier alpha value is -2.28. The fraction of sp³-hybridized carbons (Fsp3) is 0.517. The van der Waals surface area contributed by atoms with Crippen molar-refractivity contribution in [3.8, 4) is 0 Å². The zero-order valence-electron chi connectivity index (χ0n) is 22.5. The fourth-order valence-electron chi connectivity index (χ4n) is 3.65. The van der Waals surface area contributed by atoms with E-state index in [-0.39, 0.29) is 22.8 Å². The second-order valence-corrected chi connectivity index (χ2v) is 15.7. The number of hydrogen-bond acceptors (Lipinski definition) is 5. The molecule has 0 aliphatic carbocycles. The van der Waals surface area contributed by atoms with Crippen LogP contribution >= 0.6 is 0 Å². The molecule has 6 heteroatoms. The summed E-state index contributed by atoms with van der Waals surface area (Å²) < 4.78 is 18.3. The van der Waals surface area contributed by atoms with Crippen LogP contribution in [-0.2, 0) is 25.3 Å². The van der Waals surface area contributed by atoms with Gasteiger partial charge < -0.3 is 13.9 Å². The molecule has 2 rings (SSSR count). The number of ketones is 1. The van der Waals surface area contributed by atoms with Gasteiger partial charge in [-0.2, -0.15) is 0 Å². The number of hydrogen-bond donors (Lipinski definition) is 0. The third-order valence-corrected chi connectivity index (χ3v) is 11.4. The average molecular weight is 499 g/mol. The largest absolute Gasteiger partial charge is 0.451 e. The van der Waals surface area contributed by atoms with Crippen molar-refractivity contribution in [1.82, 2.24) is 0 Å². The average Bonchev–Trinajstić information content (AvgIpc) is 2.82. The first kappa shape index (κ1) is 29.0. The number of esters is 1. The van der Waals surface area contributed by atoms with Gasteiger partial charge >= 0.3 is 5.97 Å². The van der Waals surface area contributed by atoms with E-state index in [9.17, 15) is 9.59 Å². The van der Waals surface area contributed by atoms with E-state index in [0.29, 0.717) is 18.8 Å². The zero-order valence-corrected chi connectivity index (χ0v) is 23.5. The van der Waals surface area contributed by atoms with Crippen molar-refractivity contribution in [2.75, 3.05) is 6.61 Å². The monoisotopic (exact) mass is 498 g/mol. The SMILES string of the molecule is C[C@H](OC(=O)c1ccccc1)C(=O)[C@H](C)[C@H](O[Si](C)(C)C(C)(C)C)[C@H](C)COCc1ccccc1. The molecule has 35 heavy (non-hydrogen) atoms. The van der Waals surface area contributed by atoms with Crippen LogP contribution in [0.25, 0.3) is 0 Å². The third-order valence-electron chi connectivity index (χ3n) is 6.93. The lowest BCUT2D eigenvalue weighted by molar-refractivity contribution is -0.135. The summed E-state index contributed by atoms with van der Waals surface area (Å²) >= 11 is 0. The van der Waals surface area contributed by atoms with Crippen LogP contribution in [0.15, 0.2) is 60.7 Å². The molecule has 0 fully saturated rings. The van der Waals surface area contributed by atoms with Gasteiger partial charge in [0, 0.05) is 11.8 Å². The molecular formula is C29H42O5Si. The maximum atomic E-state index is 13.4. The van der Waals surface area contributed by atoms with Crippen LogP contribution in [0.1, 0.15) is 57.5 Å². The zero-order chi connectivity index (χ0) is 26.2. The molecular weight excluding hydrogens is 456 g/mol. The van der Waals surface area contributed by atoms with Crippen LogP contribution in [0.2, 0.25) is 18.1 Å². The first-order valence-corrected chi connectivity index (χ1v) is 15.3. The van der Waals surface area contributed by atoms with Crippen molar-refractivity contribution in [2.45, 2.75) is 78.5 Å². The molecule has 0 N–H and O–H groups in total. The van der Waals surface area contributed by atoms with Crippen LogP contribution in [-0.4, -0.2) is 38.9 Å². The molecule has 0 heterocycles. The molecule has 0 saturated heterocycles. The number of carbonyl (C=O) groups excluding carboxylic acids is 2. The molecule has 0 bridgehead atoms. The topological polar surface area (TPSA) is 61.8 Å². The van der Waals surface area contributed by atoms with E-state index in [2.05, 4.69) is 40.8 Å². The number of Topliss-reactive ketones (excluding diaryl/α,β-unsaturated/α-hetero) is 1. The van der Waals surface area contributed by atoms with Crippen LogP contribution in [0.4, 0.5) is 0 Å². The van der Waals surface area contributed by atoms with Crippen molar-refractivity contribution in [2.24, 2.45) is 11.8 Å². The Morgan fingerprint density at radius 3 is 1.97 bits per heavy atom. The molecule has 0 radical (unpaired) electrons. The van der Waals surface area contributed by atoms with Gasteiger partial charge in [0.25, 0.3) is 0 Å². The normalized spacial score (nSPS) is 15.7. The number of benzene rings is 2. The van der Waals surface area contributed by atoms with E-state index >= 15 is 0 Å². The molecule has 0 spiro atoms. The maximum Gasteiger partial charge on any atom is 0.338 e. The lowest BCUT2D eigenvalue weighted by atomic mass is 9.89. The van der Waals surface area contributed by atoms with Gasteiger partial charge in [-0.05, 0) is 42.8 Å². The smallest absolute Gasteiger partial charge is 0.338 e. The molecule has 2 aromatic carbocycles. The molecule has 0 amide bonds. The molecule has 0 unspecified atom stereocenters. The van der Waals surface area contributed by atoms with Crippen molar-refractivity contribution in [3.63, 3.8) is 0 Å². The lowest BCUT2D eigenvalue weighted by Crippen LogP contribution is -2.50. The number of carbonyl (C=O) groups is 2. The highest BCUT2D eigenvalue weighted by Gasteiger charge is 2.43. The second kappa shape index (κ2) is 12.6. The number of ether oxygens (including phenoxy) is 2. The van der Waals surface area contributed by atoms with Crippen molar-refractivity contribution in [3.05, 3.63) is 71.8 Å². The van der Waals surface area contributed by atoms with Gasteiger partial charge in [-0.15, -0.1) is 0 Å². The summed E-state index contributed by atoms with van der Waals surface area (Å²) in [5.41, 5.74) is 1.53. The number of rotatable bonds is 12. The molecule has 192 valence electrons. The van der Waals surface area contributed by atoms with Gasteiger partial charge in [0.05, 0.1) is 24.9 Å². The fourth-order valence-corrected chi connectivity index (χ4v) is 5.12. The van der Waals surface area contributed by atoms with Crippen molar-refractivity contribution < 1.29 is 23.5 Å². The summed E-state index contributed by atoms with van der Waals surface area (Å²) in [4.78, 5) is 25.9. The van der Waals surface area contributed by atoms with Gasteiger partial charge in [0.15, 0.2) is 20.2 Å². The first-order chi connectivity index (χ1) is 16.3. The summed E-state index contributed by atoms with van der Waals surface area (Å²) in [7, 11) is -2.18. The van der Waals surface area contributed by atoms with E-state index in [1.807, 2.05) is 43.3 Å². The lowest BCUT2D eigenvalue weighted by Gasteiger charge is -2.42. The molecule has 0 aliphatic heterocycles. The Balaban J connectivity index is 2.13. The van der Waals surface area contributed by atoms with Crippen molar-refractivity contribution in [1.29, 1.82) is 0 Å². The van der Waals surface area contributed by atoms with Gasteiger partial charge in [0.1, 0.15) is 0 Å². The van der Waals surface area contributed by atoms with E-state index in [4.69, 9.17) is 13.9 Å². The van der Waals surface area contributed by atoms with Crippen molar-refractivity contribution >= 4 is 20.1 Å². The Morgan fingerprint density at radius 1 is 0.886 bits per heavy atom. The highest BCUT2D eigenvalue weighted by molar-refractivity contribution is 6.74. The Labute approximate surface area is 212 Å². The summed E-state index contributed by atoms with van der Waals surface area (Å²) in [6, 6.07) is 18.8. The van der Waals surface area contributed by atoms with Crippen LogP contribution < -0.4 is 0 Å². The van der Waals surface area contributed by atoms with E-state index in [0.717, 1.165) is 5.56 Å². The molecule has 5 nitrogen and oxygen atoms in total. The highest BCUT2D eigenvalue weighted by atomic mass is 28.4. The Kier molecular flexibility index (Phi) is 10.4. The predicted octanol–water partition coefficient (Wildman–Crippen LogP) is 6.68. The van der Waals surface area contributed by atoms with E-state index < -0.39 is 26.3 Å². The highest BCUT2D eigenvalue weighted by Crippen LogP contribution is 2.39. The summed E-state index contributed by atoms with van der Waals surface area (Å²) in [6.07, 6.45) is -1.22. The quantitative estimate of drug-likeness (QED) is 0.241. The van der Waals surface area contributed by atoms with Crippen LogP contribution in [0, 0.1) is 11.8 Å². The minimum Gasteiger partial charge on any atom is -0.451 e. The Bertz CT molecular complexity index is 937. The standard InChI is InChI=1S/C29H42O5Si/c1-21(19-32-20-24-15-11-9-12-16-24)27(34-35(7,8)29(4,5)6)22(2)26(30)23(3)33-28(31)25-17-13-10-14-18-25/h9-18,21-23,27H,19-20H2,1-8H3/t21-,22+,23+,27-/m1/s1. The molecule has 2 aromatic rings. The minimum atomic E-state index is -2.18. The molecule has 0 saturated carbocycles. The van der Waals surface area contributed by atoms with Crippen LogP contribution in [0.3, 0.4) is 0 Å². The van der Waals surface area contributed by atoms with Crippen LogP contribution in [0.5, 0.6) is 0 Å².